The maximum Gasteiger partial charge on any atom is 0.253 e. The van der Waals surface area contributed by atoms with Gasteiger partial charge in [0.1, 0.15) is 5.82 Å². The van der Waals surface area contributed by atoms with Gasteiger partial charge >= 0.3 is 0 Å². The largest absolute Gasteiger partial charge is 0.360 e. The first-order chi connectivity index (χ1) is 13.8. The van der Waals surface area contributed by atoms with Gasteiger partial charge < -0.3 is 20.9 Å². The van der Waals surface area contributed by atoms with Gasteiger partial charge in [-0.3, -0.25) is 9.59 Å². The number of nitrogens with zero attached hydrogens (tertiary/aromatic N) is 1. The molecule has 4 rings (SSSR count). The van der Waals surface area contributed by atoms with E-state index in [1.165, 1.54) is 12.1 Å². The van der Waals surface area contributed by atoms with E-state index in [4.69, 9.17) is 5.73 Å². The highest BCUT2D eigenvalue weighted by Gasteiger charge is 2.30. The third-order valence-electron chi connectivity index (χ3n) is 6.17. The molecule has 6 nitrogen and oxygen atoms in total. The van der Waals surface area contributed by atoms with Gasteiger partial charge in [-0.05, 0) is 68.9 Å². The van der Waals surface area contributed by atoms with Crippen LogP contribution in [0, 0.1) is 19.7 Å². The molecule has 7 heteroatoms. The van der Waals surface area contributed by atoms with Gasteiger partial charge in [0.05, 0.1) is 18.5 Å². The van der Waals surface area contributed by atoms with Gasteiger partial charge in [-0.1, -0.05) is 0 Å². The minimum Gasteiger partial charge on any atom is -0.360 e. The molecule has 1 aromatic carbocycles. The van der Waals surface area contributed by atoms with Crippen molar-refractivity contribution in [2.24, 2.45) is 5.73 Å². The normalized spacial score (nSPS) is 21.4. The van der Waals surface area contributed by atoms with E-state index in [-0.39, 0.29) is 36.1 Å². The van der Waals surface area contributed by atoms with E-state index < -0.39 is 0 Å². The molecule has 0 atom stereocenters. The molecular weight excluding hydrogens is 371 g/mol. The number of carbonyl (C=O) groups is 2. The summed E-state index contributed by atoms with van der Waals surface area (Å²) in [7, 11) is 0. The quantitative estimate of drug-likeness (QED) is 0.740. The summed E-state index contributed by atoms with van der Waals surface area (Å²) >= 11 is 0. The van der Waals surface area contributed by atoms with Crippen molar-refractivity contribution in [3.05, 3.63) is 52.1 Å². The van der Waals surface area contributed by atoms with E-state index in [9.17, 15) is 14.0 Å². The minimum absolute atomic E-state index is 0.0678. The first-order valence-electron chi connectivity index (χ1n) is 10.2. The fraction of sp³-hybridized carbons (Fsp3) is 0.455. The van der Waals surface area contributed by atoms with Crippen LogP contribution in [-0.4, -0.2) is 28.9 Å². The lowest BCUT2D eigenvalue weighted by Gasteiger charge is -2.26. The summed E-state index contributed by atoms with van der Waals surface area (Å²) in [6.45, 7) is 4.10. The molecule has 0 bridgehead atoms. The summed E-state index contributed by atoms with van der Waals surface area (Å²) in [6, 6.07) is 4.81. The number of halogens is 1. The first kappa shape index (κ1) is 19.6. The number of aryl methyl sites for hydroxylation is 1. The smallest absolute Gasteiger partial charge is 0.253 e. The Balaban J connectivity index is 1.52. The topological polar surface area (TPSA) is 91.2 Å². The van der Waals surface area contributed by atoms with E-state index in [0.29, 0.717) is 17.7 Å². The molecule has 2 amide bonds. The maximum atomic E-state index is 13.5. The molecule has 1 fully saturated rings. The van der Waals surface area contributed by atoms with Crippen LogP contribution in [0.5, 0.6) is 0 Å². The lowest BCUT2D eigenvalue weighted by atomic mass is 9.91. The monoisotopic (exact) mass is 398 g/mol. The summed E-state index contributed by atoms with van der Waals surface area (Å²) in [4.78, 5) is 30.3. The molecule has 0 spiro atoms. The van der Waals surface area contributed by atoms with Crippen molar-refractivity contribution in [1.29, 1.82) is 0 Å². The number of rotatable bonds is 4. The van der Waals surface area contributed by atoms with Crippen LogP contribution in [0.1, 0.15) is 58.6 Å². The number of benzene rings is 1. The van der Waals surface area contributed by atoms with Gasteiger partial charge in [0.15, 0.2) is 0 Å². The van der Waals surface area contributed by atoms with E-state index >= 15 is 0 Å². The van der Waals surface area contributed by atoms with Crippen LogP contribution in [0.25, 0.3) is 0 Å². The van der Waals surface area contributed by atoms with E-state index in [0.717, 1.165) is 48.3 Å². The average molecular weight is 398 g/mol. The van der Waals surface area contributed by atoms with E-state index in [1.54, 1.807) is 11.0 Å². The molecule has 2 heterocycles. The number of aromatic amines is 1. The van der Waals surface area contributed by atoms with Gasteiger partial charge in [0.25, 0.3) is 5.91 Å². The lowest BCUT2D eigenvalue weighted by Crippen LogP contribution is -2.40. The number of fused-ring (bicyclic) bond motifs is 1. The Kier molecular flexibility index (Phi) is 5.17. The number of anilines is 1. The average Bonchev–Trinajstić information content (AvgIpc) is 3.12. The number of hydrogen-bond donors (Lipinski definition) is 3. The summed E-state index contributed by atoms with van der Waals surface area (Å²) in [6.07, 6.45) is 3.86. The van der Waals surface area contributed by atoms with Crippen molar-refractivity contribution in [2.75, 3.05) is 4.90 Å². The van der Waals surface area contributed by atoms with Crippen LogP contribution < -0.4 is 16.0 Å². The standard InChI is InChI=1S/C22H27FN4O2/c1-12-18(11-27-19-8-3-15(23)9-14(19)10-20(27)28)25-13(2)21(12)22(29)26-17-6-4-16(24)5-7-17/h3,8-9,16-17,25H,4-7,10-11,24H2,1-2H3,(H,26,29). The van der Waals surface area contributed by atoms with Gasteiger partial charge in [-0.15, -0.1) is 0 Å². The Bertz CT molecular complexity index is 960. The van der Waals surface area contributed by atoms with Crippen molar-refractivity contribution in [3.63, 3.8) is 0 Å². The van der Waals surface area contributed by atoms with E-state index in [2.05, 4.69) is 10.3 Å². The molecule has 4 N–H and O–H groups in total. The number of carbonyl (C=O) groups excluding carboxylic acids is 2. The lowest BCUT2D eigenvalue weighted by molar-refractivity contribution is -0.117. The van der Waals surface area contributed by atoms with Crippen LogP contribution in [-0.2, 0) is 17.8 Å². The second-order valence-electron chi connectivity index (χ2n) is 8.24. The van der Waals surface area contributed by atoms with Crippen molar-refractivity contribution in [3.8, 4) is 0 Å². The Morgan fingerprint density at radius 2 is 2.00 bits per heavy atom. The Morgan fingerprint density at radius 3 is 2.72 bits per heavy atom. The van der Waals surface area contributed by atoms with Crippen molar-refractivity contribution < 1.29 is 14.0 Å². The Morgan fingerprint density at radius 1 is 1.28 bits per heavy atom. The number of nitrogens with two attached hydrogens (primary N) is 1. The fourth-order valence-corrected chi connectivity index (χ4v) is 4.52. The molecule has 0 unspecified atom stereocenters. The zero-order chi connectivity index (χ0) is 20.7. The number of aromatic nitrogens is 1. The van der Waals surface area contributed by atoms with Crippen LogP contribution in [0.4, 0.5) is 10.1 Å². The van der Waals surface area contributed by atoms with Gasteiger partial charge in [-0.25, -0.2) is 4.39 Å². The molecule has 1 aromatic heterocycles. The van der Waals surface area contributed by atoms with Crippen molar-refractivity contribution in [1.82, 2.24) is 10.3 Å². The van der Waals surface area contributed by atoms with Crippen molar-refractivity contribution in [2.45, 2.75) is 64.6 Å². The highest BCUT2D eigenvalue weighted by atomic mass is 19.1. The SMILES string of the molecule is Cc1[nH]c(CN2C(=O)Cc3cc(F)ccc32)c(C)c1C(=O)NC1CCC(N)CC1. The number of H-pyrrole nitrogens is 1. The number of nitrogens with one attached hydrogen (secondary N) is 2. The maximum absolute atomic E-state index is 13.5. The fourth-order valence-electron chi connectivity index (χ4n) is 4.52. The third-order valence-corrected chi connectivity index (χ3v) is 6.17. The van der Waals surface area contributed by atoms with Gasteiger partial charge in [0, 0.05) is 29.2 Å². The predicted octanol–water partition coefficient (Wildman–Crippen LogP) is 2.86. The molecule has 2 aliphatic rings. The van der Waals surface area contributed by atoms with Crippen LogP contribution in [0.3, 0.4) is 0 Å². The van der Waals surface area contributed by atoms with Crippen LogP contribution >= 0.6 is 0 Å². The number of amides is 2. The summed E-state index contributed by atoms with van der Waals surface area (Å²) < 4.78 is 13.5. The second kappa shape index (κ2) is 7.63. The Hall–Kier alpha value is -2.67. The van der Waals surface area contributed by atoms with Gasteiger partial charge in [0.2, 0.25) is 5.91 Å². The highest BCUT2D eigenvalue weighted by Crippen LogP contribution is 2.32. The highest BCUT2D eigenvalue weighted by molar-refractivity contribution is 6.01. The molecule has 29 heavy (non-hydrogen) atoms. The van der Waals surface area contributed by atoms with Crippen molar-refractivity contribution >= 4 is 17.5 Å². The third kappa shape index (κ3) is 3.79. The summed E-state index contributed by atoms with van der Waals surface area (Å²) in [5.41, 5.74) is 10.5. The molecule has 0 radical (unpaired) electrons. The van der Waals surface area contributed by atoms with E-state index in [1.807, 2.05) is 13.8 Å². The first-order valence-corrected chi connectivity index (χ1v) is 10.2. The number of hydrogen-bond acceptors (Lipinski definition) is 3. The minimum atomic E-state index is -0.340. The summed E-state index contributed by atoms with van der Waals surface area (Å²) in [5.74, 6) is -0.493. The van der Waals surface area contributed by atoms with Gasteiger partial charge in [-0.2, -0.15) is 0 Å². The van der Waals surface area contributed by atoms with Crippen LogP contribution in [0.15, 0.2) is 18.2 Å². The molecule has 0 saturated heterocycles. The van der Waals surface area contributed by atoms with Crippen LogP contribution in [0.2, 0.25) is 0 Å². The zero-order valence-corrected chi connectivity index (χ0v) is 16.8. The summed E-state index contributed by atoms with van der Waals surface area (Å²) in [5, 5.41) is 3.14. The molecular formula is C22H27FN4O2. The molecule has 2 aromatic rings. The molecule has 154 valence electrons. The molecule has 1 aliphatic heterocycles. The predicted molar refractivity (Wildman–Crippen MR) is 109 cm³/mol. The molecule has 1 saturated carbocycles. The zero-order valence-electron chi connectivity index (χ0n) is 16.8. The second-order valence-corrected chi connectivity index (χ2v) is 8.24. The molecule has 1 aliphatic carbocycles. The Labute approximate surface area is 169 Å².